The molecule has 2 heterocycles. The molecule has 1 aliphatic heterocycles. The van der Waals surface area contributed by atoms with Gasteiger partial charge in [-0.25, -0.2) is 0 Å². The number of aromatic amines is 1. The highest BCUT2D eigenvalue weighted by molar-refractivity contribution is 5.98. The molecule has 94 valence electrons. The molecule has 1 aromatic heterocycles. The fraction of sp³-hybridized carbons (Fsp3) is 0.357. The average Bonchev–Trinajstić information content (AvgIpc) is 2.95. The molecule has 0 aliphatic carbocycles. The Labute approximate surface area is 106 Å². The van der Waals surface area contributed by atoms with Gasteiger partial charge in [-0.05, 0) is 32.0 Å². The van der Waals surface area contributed by atoms with Crippen LogP contribution < -0.4 is 10.6 Å². The zero-order chi connectivity index (χ0) is 12.6. The molecule has 3 N–H and O–H groups in total. The van der Waals surface area contributed by atoms with E-state index in [1.165, 1.54) is 0 Å². The standard InChI is InChI=1S/C14H17N3O/c1-14(6-7-15-9-14)17-13(18)12-8-10-4-2-3-5-11(10)16-12/h2-5,8,15-16H,6-7,9H2,1H3,(H,17,18). The van der Waals surface area contributed by atoms with Gasteiger partial charge in [-0.2, -0.15) is 0 Å². The Morgan fingerprint density at radius 1 is 1.39 bits per heavy atom. The maximum atomic E-state index is 12.2. The number of hydrogen-bond acceptors (Lipinski definition) is 2. The molecule has 1 fully saturated rings. The van der Waals surface area contributed by atoms with E-state index in [0.717, 1.165) is 30.4 Å². The normalized spacial score (nSPS) is 23.4. The van der Waals surface area contributed by atoms with Crippen molar-refractivity contribution in [2.75, 3.05) is 13.1 Å². The van der Waals surface area contributed by atoms with Crippen molar-refractivity contribution in [1.82, 2.24) is 15.6 Å². The molecule has 1 unspecified atom stereocenters. The van der Waals surface area contributed by atoms with Crippen molar-refractivity contribution in [3.8, 4) is 0 Å². The van der Waals surface area contributed by atoms with E-state index in [9.17, 15) is 4.79 Å². The van der Waals surface area contributed by atoms with Crippen LogP contribution in [0.25, 0.3) is 10.9 Å². The van der Waals surface area contributed by atoms with Crippen molar-refractivity contribution in [3.63, 3.8) is 0 Å². The minimum absolute atomic E-state index is 0.0302. The lowest BCUT2D eigenvalue weighted by atomic mass is 10.0. The number of carbonyl (C=O) groups excluding carboxylic acids is 1. The maximum absolute atomic E-state index is 12.2. The van der Waals surface area contributed by atoms with E-state index in [1.54, 1.807) is 0 Å². The molecule has 0 bridgehead atoms. The molecule has 4 heteroatoms. The summed E-state index contributed by atoms with van der Waals surface area (Å²) >= 11 is 0. The summed E-state index contributed by atoms with van der Waals surface area (Å²) in [6, 6.07) is 9.81. The van der Waals surface area contributed by atoms with Gasteiger partial charge in [0, 0.05) is 17.4 Å². The van der Waals surface area contributed by atoms with Gasteiger partial charge in [0.05, 0.1) is 5.54 Å². The molecule has 2 aromatic rings. The molecule has 1 saturated heterocycles. The summed E-state index contributed by atoms with van der Waals surface area (Å²) in [7, 11) is 0. The van der Waals surface area contributed by atoms with Crippen LogP contribution in [0.1, 0.15) is 23.8 Å². The summed E-state index contributed by atoms with van der Waals surface area (Å²) in [6.45, 7) is 3.87. The average molecular weight is 243 g/mol. The Morgan fingerprint density at radius 3 is 2.94 bits per heavy atom. The summed E-state index contributed by atoms with van der Waals surface area (Å²) in [5.74, 6) is -0.0302. The lowest BCUT2D eigenvalue weighted by molar-refractivity contribution is 0.0909. The Hall–Kier alpha value is -1.81. The maximum Gasteiger partial charge on any atom is 0.268 e. The summed E-state index contributed by atoms with van der Waals surface area (Å²) in [4.78, 5) is 15.4. The second kappa shape index (κ2) is 4.14. The predicted molar refractivity (Wildman–Crippen MR) is 71.7 cm³/mol. The third-order valence-electron chi connectivity index (χ3n) is 3.56. The second-order valence-electron chi connectivity index (χ2n) is 5.21. The first-order valence-electron chi connectivity index (χ1n) is 6.27. The number of H-pyrrole nitrogens is 1. The number of carbonyl (C=O) groups is 1. The van der Waals surface area contributed by atoms with E-state index >= 15 is 0 Å². The van der Waals surface area contributed by atoms with Crippen LogP contribution in [0.5, 0.6) is 0 Å². The van der Waals surface area contributed by atoms with Gasteiger partial charge in [0.2, 0.25) is 0 Å². The van der Waals surface area contributed by atoms with Crippen LogP contribution in [0, 0.1) is 0 Å². The van der Waals surface area contributed by atoms with Crippen LogP contribution in [0.3, 0.4) is 0 Å². The molecular weight excluding hydrogens is 226 g/mol. The van der Waals surface area contributed by atoms with Crippen molar-refractivity contribution in [1.29, 1.82) is 0 Å². The smallest absolute Gasteiger partial charge is 0.268 e. The fourth-order valence-corrected chi connectivity index (χ4v) is 2.46. The molecule has 1 aliphatic rings. The van der Waals surface area contributed by atoms with Crippen molar-refractivity contribution in [3.05, 3.63) is 36.0 Å². The fourth-order valence-electron chi connectivity index (χ4n) is 2.46. The van der Waals surface area contributed by atoms with Crippen LogP contribution in [0.15, 0.2) is 30.3 Å². The quantitative estimate of drug-likeness (QED) is 0.751. The summed E-state index contributed by atoms with van der Waals surface area (Å²) in [5.41, 5.74) is 1.50. The third-order valence-corrected chi connectivity index (χ3v) is 3.56. The van der Waals surface area contributed by atoms with Gasteiger partial charge < -0.3 is 15.6 Å². The van der Waals surface area contributed by atoms with Crippen LogP contribution in [0.4, 0.5) is 0 Å². The summed E-state index contributed by atoms with van der Waals surface area (Å²) < 4.78 is 0. The molecule has 1 amide bonds. The first kappa shape index (κ1) is 11.3. The van der Waals surface area contributed by atoms with Crippen molar-refractivity contribution < 1.29 is 4.79 Å². The lowest BCUT2D eigenvalue weighted by Gasteiger charge is -2.23. The van der Waals surface area contributed by atoms with Crippen LogP contribution in [-0.2, 0) is 0 Å². The lowest BCUT2D eigenvalue weighted by Crippen LogP contribution is -2.47. The molecule has 18 heavy (non-hydrogen) atoms. The van der Waals surface area contributed by atoms with Crippen molar-refractivity contribution in [2.45, 2.75) is 18.9 Å². The first-order chi connectivity index (χ1) is 8.66. The van der Waals surface area contributed by atoms with Crippen LogP contribution >= 0.6 is 0 Å². The molecule has 1 atom stereocenters. The van der Waals surface area contributed by atoms with E-state index in [1.807, 2.05) is 30.3 Å². The van der Waals surface area contributed by atoms with Gasteiger partial charge in [0.15, 0.2) is 0 Å². The highest BCUT2D eigenvalue weighted by Gasteiger charge is 2.30. The number of hydrogen-bond donors (Lipinski definition) is 3. The number of amides is 1. The Bertz CT molecular complexity index is 548. The van der Waals surface area contributed by atoms with Gasteiger partial charge in [0.25, 0.3) is 5.91 Å². The first-order valence-corrected chi connectivity index (χ1v) is 6.27. The minimum atomic E-state index is -0.131. The highest BCUT2D eigenvalue weighted by Crippen LogP contribution is 2.17. The Kier molecular flexibility index (Phi) is 2.59. The number of aromatic nitrogens is 1. The summed E-state index contributed by atoms with van der Waals surface area (Å²) in [5, 5.41) is 7.44. The molecule has 0 spiro atoms. The second-order valence-corrected chi connectivity index (χ2v) is 5.21. The zero-order valence-electron chi connectivity index (χ0n) is 10.4. The van der Waals surface area contributed by atoms with E-state index < -0.39 is 0 Å². The monoisotopic (exact) mass is 243 g/mol. The van der Waals surface area contributed by atoms with Crippen LogP contribution in [-0.4, -0.2) is 29.5 Å². The third kappa shape index (κ3) is 1.99. The van der Waals surface area contributed by atoms with Gasteiger partial charge in [0.1, 0.15) is 5.69 Å². The molecule has 4 nitrogen and oxygen atoms in total. The highest BCUT2D eigenvalue weighted by atomic mass is 16.2. The van der Waals surface area contributed by atoms with Crippen molar-refractivity contribution >= 4 is 16.8 Å². The SMILES string of the molecule is CC1(NC(=O)c2cc3ccccc3[nH]2)CCNC1. The molecule has 0 radical (unpaired) electrons. The number of rotatable bonds is 2. The van der Waals surface area contributed by atoms with E-state index in [2.05, 4.69) is 22.5 Å². The van der Waals surface area contributed by atoms with Gasteiger partial charge in [-0.3, -0.25) is 4.79 Å². The summed E-state index contributed by atoms with van der Waals surface area (Å²) in [6.07, 6.45) is 0.971. The molecular formula is C14H17N3O. The van der Waals surface area contributed by atoms with E-state index in [0.29, 0.717) is 5.69 Å². The van der Waals surface area contributed by atoms with Crippen molar-refractivity contribution in [2.24, 2.45) is 0 Å². The predicted octanol–water partition coefficient (Wildman–Crippen LogP) is 1.65. The van der Waals surface area contributed by atoms with Gasteiger partial charge in [-0.15, -0.1) is 0 Å². The molecule has 0 saturated carbocycles. The zero-order valence-corrected chi connectivity index (χ0v) is 10.4. The topological polar surface area (TPSA) is 56.9 Å². The molecule has 3 rings (SSSR count). The minimum Gasteiger partial charge on any atom is -0.351 e. The number of benzene rings is 1. The van der Waals surface area contributed by atoms with E-state index in [4.69, 9.17) is 0 Å². The number of para-hydroxylation sites is 1. The molecule has 1 aromatic carbocycles. The Morgan fingerprint density at radius 2 is 2.22 bits per heavy atom. The van der Waals surface area contributed by atoms with Gasteiger partial charge >= 0.3 is 0 Å². The Balaban J connectivity index is 1.83. The number of nitrogens with one attached hydrogen (secondary N) is 3. The van der Waals surface area contributed by atoms with Crippen LogP contribution in [0.2, 0.25) is 0 Å². The van der Waals surface area contributed by atoms with Gasteiger partial charge in [-0.1, -0.05) is 18.2 Å². The number of fused-ring (bicyclic) bond motifs is 1. The largest absolute Gasteiger partial charge is 0.351 e. The van der Waals surface area contributed by atoms with E-state index in [-0.39, 0.29) is 11.4 Å².